The standard InChI is InChI=1S/C27H26FN5O3S/c1-15-7-8-17(13-22(15)31-27(35)33-23(11-12-36-33)16-5-3-2-4-6-16)20-9-10-21-25(29-20)37-26(30-21)32-24(34)18-14-19(18)28/h2-10,13,18-19,21,23,25H,11-12,14H2,1H3,(H,31,35)(H,30,32,34)/t18?,19-,21?,23-,25?/m0/s1. The third kappa shape index (κ3) is 4.91. The highest BCUT2D eigenvalue weighted by molar-refractivity contribution is 8.14. The number of nitrogens with zero attached hydrogens (tertiary/aromatic N) is 3. The molecule has 5 atom stereocenters. The number of benzene rings is 2. The Morgan fingerprint density at radius 1 is 1.14 bits per heavy atom. The highest BCUT2D eigenvalue weighted by Crippen LogP contribution is 2.36. The van der Waals surface area contributed by atoms with Gasteiger partial charge in [-0.15, -0.1) is 0 Å². The molecule has 4 aliphatic rings. The summed E-state index contributed by atoms with van der Waals surface area (Å²) >= 11 is 1.36. The zero-order chi connectivity index (χ0) is 25.5. The van der Waals surface area contributed by atoms with Crippen LogP contribution >= 0.6 is 11.8 Å². The van der Waals surface area contributed by atoms with E-state index in [9.17, 15) is 14.0 Å². The maximum atomic E-state index is 13.2. The lowest BCUT2D eigenvalue weighted by atomic mass is 10.0. The van der Waals surface area contributed by atoms with Crippen LogP contribution in [0, 0.1) is 12.8 Å². The van der Waals surface area contributed by atoms with Crippen LogP contribution in [-0.4, -0.2) is 52.1 Å². The van der Waals surface area contributed by atoms with Crippen molar-refractivity contribution in [3.05, 3.63) is 77.4 Å². The molecule has 3 amide bonds. The molecule has 190 valence electrons. The number of urea groups is 1. The van der Waals surface area contributed by atoms with E-state index in [-0.39, 0.29) is 35.8 Å². The van der Waals surface area contributed by atoms with Crippen LogP contribution in [0.3, 0.4) is 0 Å². The van der Waals surface area contributed by atoms with Gasteiger partial charge < -0.3 is 10.6 Å². The first-order chi connectivity index (χ1) is 18.0. The highest BCUT2D eigenvalue weighted by atomic mass is 32.2. The normalized spacial score (nSPS) is 27.8. The molecule has 6 rings (SSSR count). The van der Waals surface area contributed by atoms with E-state index < -0.39 is 12.1 Å². The van der Waals surface area contributed by atoms with Gasteiger partial charge in [-0.25, -0.2) is 9.18 Å². The molecule has 2 N–H and O–H groups in total. The number of hydrogen-bond acceptors (Lipinski definition) is 6. The minimum atomic E-state index is -1.05. The van der Waals surface area contributed by atoms with Gasteiger partial charge in [-0.1, -0.05) is 60.3 Å². The topological polar surface area (TPSA) is 95.4 Å². The molecule has 3 aliphatic heterocycles. The van der Waals surface area contributed by atoms with Gasteiger partial charge >= 0.3 is 6.03 Å². The molecule has 0 radical (unpaired) electrons. The van der Waals surface area contributed by atoms with Crippen LogP contribution < -0.4 is 10.6 Å². The van der Waals surface area contributed by atoms with Gasteiger partial charge in [0.05, 0.1) is 24.3 Å². The first-order valence-corrected chi connectivity index (χ1v) is 13.2. The summed E-state index contributed by atoms with van der Waals surface area (Å²) in [6, 6.07) is 15.0. The number of hydrogen-bond donors (Lipinski definition) is 2. The second-order valence-electron chi connectivity index (χ2n) is 9.49. The number of anilines is 1. The Morgan fingerprint density at radius 2 is 1.95 bits per heavy atom. The van der Waals surface area contributed by atoms with Crippen LogP contribution in [0.4, 0.5) is 14.9 Å². The monoisotopic (exact) mass is 519 g/mol. The molecule has 8 nitrogen and oxygen atoms in total. The minimum absolute atomic E-state index is 0.142. The third-order valence-corrected chi connectivity index (χ3v) is 7.91. The van der Waals surface area contributed by atoms with Crippen LogP contribution in [0.15, 0.2) is 70.7 Å². The average molecular weight is 520 g/mol. The maximum absolute atomic E-state index is 13.2. The summed E-state index contributed by atoms with van der Waals surface area (Å²) in [7, 11) is 0. The Balaban J connectivity index is 1.14. The average Bonchev–Trinajstić information content (AvgIpc) is 3.28. The van der Waals surface area contributed by atoms with E-state index in [2.05, 4.69) is 15.6 Å². The van der Waals surface area contributed by atoms with Crippen LogP contribution in [0.2, 0.25) is 0 Å². The molecule has 0 aromatic heterocycles. The molecule has 3 unspecified atom stereocenters. The number of nitrogens with one attached hydrogen (secondary N) is 2. The Bertz CT molecular complexity index is 1330. The summed E-state index contributed by atoms with van der Waals surface area (Å²) in [6.07, 6.45) is 3.82. The molecular weight excluding hydrogens is 493 g/mol. The van der Waals surface area contributed by atoms with Crippen molar-refractivity contribution < 1.29 is 18.8 Å². The first-order valence-electron chi connectivity index (χ1n) is 12.3. The number of carbonyl (C=O) groups is 2. The fraction of sp³-hybridized carbons (Fsp3) is 0.333. The van der Waals surface area contributed by atoms with E-state index in [0.717, 1.165) is 28.8 Å². The van der Waals surface area contributed by atoms with E-state index in [4.69, 9.17) is 9.83 Å². The van der Waals surface area contributed by atoms with Crippen molar-refractivity contribution in [2.24, 2.45) is 15.9 Å². The number of dihydropyridines is 1. The Kier molecular flexibility index (Phi) is 6.29. The lowest BCUT2D eigenvalue weighted by Gasteiger charge is -2.24. The zero-order valence-corrected chi connectivity index (χ0v) is 21.0. The molecule has 2 aromatic carbocycles. The number of thioether (sulfide) groups is 1. The predicted molar refractivity (Wildman–Crippen MR) is 141 cm³/mol. The second kappa shape index (κ2) is 9.75. The predicted octanol–water partition coefficient (Wildman–Crippen LogP) is 4.54. The lowest BCUT2D eigenvalue weighted by molar-refractivity contribution is -0.121. The Labute approximate surface area is 218 Å². The first kappa shape index (κ1) is 23.9. The number of alkyl halides is 1. The van der Waals surface area contributed by atoms with Gasteiger partial charge in [0, 0.05) is 17.7 Å². The van der Waals surface area contributed by atoms with Gasteiger partial charge in [0.15, 0.2) is 5.17 Å². The van der Waals surface area contributed by atoms with Crippen molar-refractivity contribution in [2.75, 3.05) is 11.9 Å². The van der Waals surface area contributed by atoms with E-state index in [0.29, 0.717) is 17.5 Å². The van der Waals surface area contributed by atoms with Gasteiger partial charge in [-0.05, 0) is 36.6 Å². The van der Waals surface area contributed by atoms with E-state index in [1.807, 2.05) is 67.6 Å². The minimum Gasteiger partial charge on any atom is -0.306 e. The van der Waals surface area contributed by atoms with Crippen molar-refractivity contribution in [1.29, 1.82) is 0 Å². The largest absolute Gasteiger partial charge is 0.346 e. The quantitative estimate of drug-likeness (QED) is 0.620. The summed E-state index contributed by atoms with van der Waals surface area (Å²) < 4.78 is 13.2. The number of hydroxylamine groups is 2. The zero-order valence-electron chi connectivity index (χ0n) is 20.1. The SMILES string of the molecule is Cc1ccc(C2=NC3SC(NC(=O)C4C[C@@H]4F)=NC3C=C2)cc1NC(=O)N1OCC[C@H]1c1ccccc1. The van der Waals surface area contributed by atoms with Crippen molar-refractivity contribution in [1.82, 2.24) is 10.4 Å². The number of rotatable bonds is 4. The van der Waals surface area contributed by atoms with Crippen LogP contribution in [0.1, 0.15) is 35.6 Å². The number of aryl methyl sites for hydroxylation is 1. The molecule has 2 aromatic rings. The van der Waals surface area contributed by atoms with Crippen molar-refractivity contribution in [2.45, 2.75) is 43.4 Å². The van der Waals surface area contributed by atoms with E-state index in [1.165, 1.54) is 16.8 Å². The number of amides is 3. The summed E-state index contributed by atoms with van der Waals surface area (Å²) in [5.41, 5.74) is 4.24. The summed E-state index contributed by atoms with van der Waals surface area (Å²) in [5.74, 6) is -0.878. The smallest absolute Gasteiger partial charge is 0.306 e. The molecular formula is C27H26FN5O3S. The van der Waals surface area contributed by atoms with Gasteiger partial charge in [0.1, 0.15) is 17.6 Å². The summed E-state index contributed by atoms with van der Waals surface area (Å²) in [5, 5.41) is 7.42. The molecule has 37 heavy (non-hydrogen) atoms. The molecule has 10 heteroatoms. The number of carbonyl (C=O) groups excluding carboxylic acids is 2. The number of aliphatic imine (C=N–C) groups is 2. The number of amidine groups is 1. The third-order valence-electron chi connectivity index (χ3n) is 6.85. The summed E-state index contributed by atoms with van der Waals surface area (Å²) in [4.78, 5) is 40.2. The summed E-state index contributed by atoms with van der Waals surface area (Å²) in [6.45, 7) is 2.41. The van der Waals surface area contributed by atoms with Crippen LogP contribution in [-0.2, 0) is 9.63 Å². The van der Waals surface area contributed by atoms with Gasteiger partial charge in [-0.2, -0.15) is 5.06 Å². The molecule has 0 spiro atoms. The second-order valence-corrected chi connectivity index (χ2v) is 10.6. The van der Waals surface area contributed by atoms with Crippen LogP contribution in [0.25, 0.3) is 0 Å². The maximum Gasteiger partial charge on any atom is 0.346 e. The van der Waals surface area contributed by atoms with E-state index in [1.54, 1.807) is 0 Å². The molecule has 0 bridgehead atoms. The molecule has 2 fully saturated rings. The van der Waals surface area contributed by atoms with Gasteiger partial charge in [0.25, 0.3) is 0 Å². The fourth-order valence-corrected chi connectivity index (χ4v) is 5.65. The van der Waals surface area contributed by atoms with Crippen molar-refractivity contribution >= 4 is 40.3 Å². The Hall–Kier alpha value is -3.50. The number of halogens is 1. The number of allylic oxidation sites excluding steroid dienone is 1. The molecule has 1 saturated carbocycles. The number of fused-ring (bicyclic) bond motifs is 1. The van der Waals surface area contributed by atoms with Crippen LogP contribution in [0.5, 0.6) is 0 Å². The van der Waals surface area contributed by atoms with E-state index >= 15 is 0 Å². The Morgan fingerprint density at radius 3 is 2.73 bits per heavy atom. The fourth-order valence-electron chi connectivity index (χ4n) is 4.62. The highest BCUT2D eigenvalue weighted by Gasteiger charge is 2.44. The van der Waals surface area contributed by atoms with Gasteiger partial charge in [0.2, 0.25) is 5.91 Å². The molecule has 1 saturated heterocycles. The molecule has 1 aliphatic carbocycles. The lowest BCUT2D eigenvalue weighted by Crippen LogP contribution is -2.33. The van der Waals surface area contributed by atoms with Crippen molar-refractivity contribution in [3.8, 4) is 0 Å². The van der Waals surface area contributed by atoms with Gasteiger partial charge in [-0.3, -0.25) is 19.6 Å². The van der Waals surface area contributed by atoms with Crippen molar-refractivity contribution in [3.63, 3.8) is 0 Å². The molecule has 3 heterocycles.